The van der Waals surface area contributed by atoms with Gasteiger partial charge in [0.2, 0.25) is 0 Å². The fourth-order valence-electron chi connectivity index (χ4n) is 1.69. The second kappa shape index (κ2) is 5.53. The molecule has 1 aromatic rings. The molecule has 1 unspecified atom stereocenters. The average molecular weight is 220 g/mol. The lowest BCUT2D eigenvalue weighted by Crippen LogP contribution is -2.26. The van der Waals surface area contributed by atoms with E-state index in [0.717, 1.165) is 5.56 Å². The summed E-state index contributed by atoms with van der Waals surface area (Å²) >= 11 is 0. The Morgan fingerprint density at radius 1 is 1.56 bits per heavy atom. The van der Waals surface area contributed by atoms with Crippen LogP contribution in [0.1, 0.15) is 25.5 Å². The maximum Gasteiger partial charge on any atom is 0.146 e. The number of hydrogen-bond acceptors (Lipinski definition) is 2. The molecule has 0 aliphatic rings. The van der Waals surface area contributed by atoms with Crippen LogP contribution in [0.2, 0.25) is 0 Å². The Labute approximate surface area is 96.3 Å². The number of rotatable bonds is 4. The quantitative estimate of drug-likeness (QED) is 0.789. The van der Waals surface area contributed by atoms with Gasteiger partial charge in [-0.05, 0) is 25.5 Å². The van der Waals surface area contributed by atoms with Crippen LogP contribution in [0.5, 0.6) is 0 Å². The van der Waals surface area contributed by atoms with Crippen molar-refractivity contribution in [2.45, 2.75) is 19.9 Å². The molecule has 3 heteroatoms. The van der Waals surface area contributed by atoms with E-state index in [1.807, 2.05) is 24.8 Å². The molecule has 0 bridgehead atoms. The smallest absolute Gasteiger partial charge is 0.146 e. The Morgan fingerprint density at radius 2 is 2.25 bits per heavy atom. The Morgan fingerprint density at radius 3 is 2.75 bits per heavy atom. The summed E-state index contributed by atoms with van der Waals surface area (Å²) in [5.41, 5.74) is 7.14. The molecular formula is C13H17FN2. The van der Waals surface area contributed by atoms with Gasteiger partial charge in [-0.2, -0.15) is 0 Å². The molecule has 0 spiro atoms. The summed E-state index contributed by atoms with van der Waals surface area (Å²) in [7, 11) is 0. The highest BCUT2D eigenvalue weighted by Crippen LogP contribution is 2.28. The summed E-state index contributed by atoms with van der Waals surface area (Å²) in [6.45, 7) is 4.82. The van der Waals surface area contributed by atoms with Crippen LogP contribution in [0, 0.1) is 18.2 Å². The molecule has 1 atom stereocenters. The number of anilines is 1. The molecule has 86 valence electrons. The minimum Gasteiger partial charge on any atom is -0.358 e. The molecule has 2 nitrogen and oxygen atoms in total. The van der Waals surface area contributed by atoms with Gasteiger partial charge in [-0.25, -0.2) is 4.39 Å². The zero-order chi connectivity index (χ0) is 12.1. The van der Waals surface area contributed by atoms with Crippen LogP contribution < -0.4 is 10.6 Å². The second-order valence-electron chi connectivity index (χ2n) is 3.68. The largest absolute Gasteiger partial charge is 0.358 e. The Balaban J connectivity index is 3.23. The third kappa shape index (κ3) is 2.53. The van der Waals surface area contributed by atoms with Gasteiger partial charge in [-0.1, -0.05) is 18.1 Å². The van der Waals surface area contributed by atoms with E-state index in [9.17, 15) is 4.39 Å². The molecule has 0 heterocycles. The third-order valence-electron chi connectivity index (χ3n) is 2.49. The zero-order valence-corrected chi connectivity index (χ0v) is 9.70. The highest BCUT2D eigenvalue weighted by atomic mass is 19.1. The highest BCUT2D eigenvalue weighted by Gasteiger charge is 2.16. The van der Waals surface area contributed by atoms with Crippen molar-refractivity contribution in [2.24, 2.45) is 5.73 Å². The van der Waals surface area contributed by atoms with Crippen molar-refractivity contribution < 1.29 is 4.39 Å². The molecular weight excluding hydrogens is 203 g/mol. The SMILES string of the molecule is C#CCN(CC)c1c(F)cccc1C(C)N. The Bertz CT molecular complexity index is 393. The van der Waals surface area contributed by atoms with E-state index in [1.54, 1.807) is 6.07 Å². The summed E-state index contributed by atoms with van der Waals surface area (Å²) < 4.78 is 13.8. The maximum absolute atomic E-state index is 13.8. The first-order valence-corrected chi connectivity index (χ1v) is 5.34. The highest BCUT2D eigenvalue weighted by molar-refractivity contribution is 5.56. The van der Waals surface area contributed by atoms with Gasteiger partial charge in [-0.15, -0.1) is 6.42 Å². The van der Waals surface area contributed by atoms with Gasteiger partial charge in [0.25, 0.3) is 0 Å². The molecule has 16 heavy (non-hydrogen) atoms. The normalized spacial score (nSPS) is 11.9. The summed E-state index contributed by atoms with van der Waals surface area (Å²) in [5.74, 6) is 2.26. The second-order valence-corrected chi connectivity index (χ2v) is 3.68. The molecule has 0 saturated heterocycles. The predicted molar refractivity (Wildman–Crippen MR) is 65.7 cm³/mol. The first-order chi connectivity index (χ1) is 7.61. The molecule has 0 aliphatic heterocycles. The minimum absolute atomic E-state index is 0.211. The molecule has 0 saturated carbocycles. The van der Waals surface area contributed by atoms with Gasteiger partial charge >= 0.3 is 0 Å². The van der Waals surface area contributed by atoms with E-state index in [2.05, 4.69) is 5.92 Å². The van der Waals surface area contributed by atoms with Crippen molar-refractivity contribution in [2.75, 3.05) is 18.0 Å². The number of nitrogens with zero attached hydrogens (tertiary/aromatic N) is 1. The standard InChI is InChI=1S/C13H17FN2/c1-4-9-16(5-2)13-11(10(3)15)7-6-8-12(13)14/h1,6-8,10H,5,9,15H2,2-3H3. The number of hydrogen-bond donors (Lipinski definition) is 1. The van der Waals surface area contributed by atoms with E-state index in [1.165, 1.54) is 6.07 Å². The fraction of sp³-hybridized carbons (Fsp3) is 0.385. The molecule has 0 amide bonds. The van der Waals surface area contributed by atoms with E-state index < -0.39 is 0 Å². The van der Waals surface area contributed by atoms with Crippen molar-refractivity contribution in [1.82, 2.24) is 0 Å². The maximum atomic E-state index is 13.8. The van der Waals surface area contributed by atoms with Crippen LogP contribution in [0.15, 0.2) is 18.2 Å². The molecule has 0 aromatic heterocycles. The van der Waals surface area contributed by atoms with Crippen molar-refractivity contribution in [3.63, 3.8) is 0 Å². The average Bonchev–Trinajstić information content (AvgIpc) is 2.26. The van der Waals surface area contributed by atoms with Crippen molar-refractivity contribution in [3.05, 3.63) is 29.6 Å². The lowest BCUT2D eigenvalue weighted by atomic mass is 10.1. The van der Waals surface area contributed by atoms with Gasteiger partial charge in [-0.3, -0.25) is 0 Å². The van der Waals surface area contributed by atoms with Gasteiger partial charge < -0.3 is 10.6 Å². The van der Waals surface area contributed by atoms with Crippen molar-refractivity contribution in [1.29, 1.82) is 0 Å². The van der Waals surface area contributed by atoms with E-state index in [0.29, 0.717) is 18.8 Å². The summed E-state index contributed by atoms with van der Waals surface area (Å²) in [6.07, 6.45) is 5.27. The fourth-order valence-corrected chi connectivity index (χ4v) is 1.69. The molecule has 0 aliphatic carbocycles. The molecule has 2 N–H and O–H groups in total. The van der Waals surface area contributed by atoms with Crippen LogP contribution in [-0.2, 0) is 0 Å². The first-order valence-electron chi connectivity index (χ1n) is 5.34. The summed E-state index contributed by atoms with van der Waals surface area (Å²) in [4.78, 5) is 1.81. The van der Waals surface area contributed by atoms with Crippen molar-refractivity contribution >= 4 is 5.69 Å². The molecule has 1 aromatic carbocycles. The Kier molecular flexibility index (Phi) is 4.33. The van der Waals surface area contributed by atoms with E-state index >= 15 is 0 Å². The predicted octanol–water partition coefficient (Wildman–Crippen LogP) is 2.30. The van der Waals surface area contributed by atoms with Crippen LogP contribution >= 0.6 is 0 Å². The minimum atomic E-state index is -0.271. The lowest BCUT2D eigenvalue weighted by molar-refractivity contribution is 0.615. The number of halogens is 1. The summed E-state index contributed by atoms with van der Waals surface area (Å²) in [5, 5.41) is 0. The number of benzene rings is 1. The summed E-state index contributed by atoms with van der Waals surface area (Å²) in [6, 6.07) is 4.72. The topological polar surface area (TPSA) is 29.3 Å². The van der Waals surface area contributed by atoms with Gasteiger partial charge in [0.1, 0.15) is 5.82 Å². The monoisotopic (exact) mass is 220 g/mol. The number of nitrogens with two attached hydrogens (primary N) is 1. The Hall–Kier alpha value is -1.53. The van der Waals surface area contributed by atoms with Gasteiger partial charge in [0, 0.05) is 12.6 Å². The third-order valence-corrected chi connectivity index (χ3v) is 2.49. The zero-order valence-electron chi connectivity index (χ0n) is 9.70. The van der Waals surface area contributed by atoms with Gasteiger partial charge in [0.15, 0.2) is 0 Å². The molecule has 1 rings (SSSR count). The van der Waals surface area contributed by atoms with E-state index in [4.69, 9.17) is 12.2 Å². The number of para-hydroxylation sites is 1. The van der Waals surface area contributed by atoms with Crippen LogP contribution in [-0.4, -0.2) is 13.1 Å². The molecule has 0 fully saturated rings. The van der Waals surface area contributed by atoms with Crippen LogP contribution in [0.3, 0.4) is 0 Å². The van der Waals surface area contributed by atoms with Crippen molar-refractivity contribution in [3.8, 4) is 12.3 Å². The van der Waals surface area contributed by atoms with Crippen LogP contribution in [0.4, 0.5) is 10.1 Å². The lowest BCUT2D eigenvalue weighted by Gasteiger charge is -2.25. The molecule has 0 radical (unpaired) electrons. The number of terminal acetylenes is 1. The van der Waals surface area contributed by atoms with Crippen LogP contribution in [0.25, 0.3) is 0 Å². The first kappa shape index (κ1) is 12.5. The van der Waals surface area contributed by atoms with Gasteiger partial charge in [0.05, 0.1) is 12.2 Å². The van der Waals surface area contributed by atoms with E-state index in [-0.39, 0.29) is 11.9 Å².